The molecule has 0 amide bonds. The maximum absolute atomic E-state index is 9.72. The number of aliphatic hydroxyl groups excluding tert-OH is 3. The van der Waals surface area contributed by atoms with Crippen LogP contribution < -0.4 is 0 Å². The van der Waals surface area contributed by atoms with Crippen LogP contribution in [-0.4, -0.2) is 49.6 Å². The van der Waals surface area contributed by atoms with Crippen LogP contribution in [0.15, 0.2) is 0 Å². The maximum atomic E-state index is 9.72. The van der Waals surface area contributed by atoms with Crippen LogP contribution in [0.3, 0.4) is 0 Å². The Morgan fingerprint density at radius 1 is 1.14 bits per heavy atom. The van der Waals surface area contributed by atoms with E-state index in [0.717, 1.165) is 12.8 Å². The van der Waals surface area contributed by atoms with E-state index in [9.17, 15) is 5.11 Å². The molecule has 0 aromatic heterocycles. The third-order valence-corrected chi connectivity index (χ3v) is 9.72. The Hall–Kier alpha value is 0.0569. The zero-order chi connectivity index (χ0) is 16.3. The average Bonchev–Trinajstić information content (AvgIpc) is 3.29. The summed E-state index contributed by atoms with van der Waals surface area (Å²) in [5.74, 6) is 0.528. The first-order chi connectivity index (χ1) is 9.57. The van der Waals surface area contributed by atoms with Crippen molar-refractivity contribution in [3.8, 4) is 0 Å². The lowest BCUT2D eigenvalue weighted by Gasteiger charge is -2.36. The molecule has 0 saturated heterocycles. The van der Waals surface area contributed by atoms with Crippen molar-refractivity contribution in [1.29, 1.82) is 0 Å². The third-order valence-electron chi connectivity index (χ3n) is 5.22. The molecule has 0 radical (unpaired) electrons. The van der Waals surface area contributed by atoms with E-state index in [1.165, 1.54) is 12.8 Å². The lowest BCUT2D eigenvalue weighted by Crippen LogP contribution is -2.42. The number of rotatable bonds is 6. The fourth-order valence-corrected chi connectivity index (χ4v) is 2.69. The van der Waals surface area contributed by atoms with Gasteiger partial charge in [0, 0.05) is 5.41 Å². The van der Waals surface area contributed by atoms with E-state index >= 15 is 0 Å². The molecule has 0 bridgehead atoms. The van der Waals surface area contributed by atoms with Crippen LogP contribution in [0.5, 0.6) is 0 Å². The molecule has 2 aliphatic carbocycles. The highest BCUT2D eigenvalue weighted by Crippen LogP contribution is 2.44. The molecule has 5 heteroatoms. The number of hydrogen-bond acceptors (Lipinski definition) is 4. The lowest BCUT2D eigenvalue weighted by molar-refractivity contribution is 0.0827. The molecule has 1 atom stereocenters. The van der Waals surface area contributed by atoms with Crippen molar-refractivity contribution in [2.75, 3.05) is 19.8 Å². The van der Waals surface area contributed by atoms with Gasteiger partial charge < -0.3 is 19.7 Å². The van der Waals surface area contributed by atoms with E-state index in [4.69, 9.17) is 14.6 Å². The van der Waals surface area contributed by atoms with Gasteiger partial charge in [0.15, 0.2) is 8.32 Å². The van der Waals surface area contributed by atoms with Gasteiger partial charge >= 0.3 is 0 Å². The molecule has 2 saturated carbocycles. The van der Waals surface area contributed by atoms with E-state index in [2.05, 4.69) is 33.9 Å². The summed E-state index contributed by atoms with van der Waals surface area (Å²) in [5, 5.41) is 27.0. The molecule has 2 fully saturated rings. The Kier molecular flexibility index (Phi) is 6.45. The zero-order valence-corrected chi connectivity index (χ0v) is 15.4. The molecule has 2 aliphatic rings. The second-order valence-corrected chi connectivity index (χ2v) is 13.1. The topological polar surface area (TPSA) is 69.9 Å². The van der Waals surface area contributed by atoms with Crippen molar-refractivity contribution in [3.63, 3.8) is 0 Å². The Balaban J connectivity index is 0.000000262. The molecule has 21 heavy (non-hydrogen) atoms. The molecule has 0 spiro atoms. The van der Waals surface area contributed by atoms with E-state index in [0.29, 0.717) is 12.5 Å². The summed E-state index contributed by atoms with van der Waals surface area (Å²) in [5.41, 5.74) is -0.0556. The van der Waals surface area contributed by atoms with Crippen molar-refractivity contribution >= 4 is 8.32 Å². The van der Waals surface area contributed by atoms with Gasteiger partial charge in [-0.15, -0.1) is 0 Å². The van der Waals surface area contributed by atoms with Crippen molar-refractivity contribution in [1.82, 2.24) is 0 Å². The minimum Gasteiger partial charge on any atom is -0.414 e. The van der Waals surface area contributed by atoms with Crippen molar-refractivity contribution in [3.05, 3.63) is 0 Å². The average molecular weight is 319 g/mol. The van der Waals surface area contributed by atoms with Crippen LogP contribution in [0.2, 0.25) is 18.1 Å². The van der Waals surface area contributed by atoms with Crippen molar-refractivity contribution < 1.29 is 19.7 Å². The SMILES string of the molecule is CC(C)(C)[Si](C)(C)OCC(O)C1CC1.OCC1(CO)CC1. The number of aliphatic hydroxyl groups is 3. The third kappa shape index (κ3) is 5.98. The van der Waals surface area contributed by atoms with Gasteiger partial charge in [0.1, 0.15) is 0 Å². The number of hydrogen-bond donors (Lipinski definition) is 3. The van der Waals surface area contributed by atoms with Crippen LogP contribution in [0.25, 0.3) is 0 Å². The molecule has 1 unspecified atom stereocenters. The summed E-state index contributed by atoms with van der Waals surface area (Å²) in [4.78, 5) is 0. The quantitative estimate of drug-likeness (QED) is 0.658. The van der Waals surface area contributed by atoms with E-state index in [1.807, 2.05) is 0 Å². The molecule has 0 aromatic carbocycles. The first kappa shape index (κ1) is 19.1. The minimum absolute atomic E-state index is 0.0556. The van der Waals surface area contributed by atoms with E-state index in [1.54, 1.807) is 0 Å². The monoisotopic (exact) mass is 318 g/mol. The second kappa shape index (κ2) is 7.09. The molecule has 0 aromatic rings. The van der Waals surface area contributed by atoms with Gasteiger partial charge in [0.2, 0.25) is 0 Å². The fraction of sp³-hybridized carbons (Fsp3) is 1.00. The van der Waals surface area contributed by atoms with Crippen molar-refractivity contribution in [2.45, 2.75) is 70.7 Å². The van der Waals surface area contributed by atoms with Gasteiger partial charge in [-0.1, -0.05) is 20.8 Å². The summed E-state index contributed by atoms with van der Waals surface area (Å²) in [6.45, 7) is 12.0. The van der Waals surface area contributed by atoms with Crippen LogP contribution in [0.4, 0.5) is 0 Å². The summed E-state index contributed by atoms with van der Waals surface area (Å²) in [6, 6.07) is 0. The summed E-state index contributed by atoms with van der Waals surface area (Å²) in [6.07, 6.45) is 4.15. The Morgan fingerprint density at radius 3 is 1.86 bits per heavy atom. The molecular weight excluding hydrogens is 284 g/mol. The zero-order valence-electron chi connectivity index (χ0n) is 14.4. The molecular formula is C16H34O4Si. The standard InChI is InChI=1S/C11H24O2Si.C5H10O2/c1-11(2,3)14(4,5)13-8-10(12)9-6-7-9;6-3-5(4-7)1-2-5/h9-10,12H,6-8H2,1-5H3;6-7H,1-4H2. The molecule has 2 rings (SSSR count). The van der Waals surface area contributed by atoms with Crippen LogP contribution >= 0.6 is 0 Å². The molecule has 126 valence electrons. The Labute approximate surface area is 130 Å². The normalized spacial score (nSPS) is 22.3. The van der Waals surface area contributed by atoms with E-state index < -0.39 is 8.32 Å². The predicted octanol–water partition coefficient (Wildman–Crippen LogP) is 2.53. The van der Waals surface area contributed by atoms with Gasteiger partial charge in [0.25, 0.3) is 0 Å². The smallest absolute Gasteiger partial charge is 0.192 e. The summed E-state index contributed by atoms with van der Waals surface area (Å²) >= 11 is 0. The van der Waals surface area contributed by atoms with Gasteiger partial charge in [-0.25, -0.2) is 0 Å². The maximum Gasteiger partial charge on any atom is 0.192 e. The van der Waals surface area contributed by atoms with Gasteiger partial charge in [-0.2, -0.15) is 0 Å². The van der Waals surface area contributed by atoms with Gasteiger partial charge in [-0.05, 0) is 49.7 Å². The molecule has 3 N–H and O–H groups in total. The Bertz CT molecular complexity index is 311. The van der Waals surface area contributed by atoms with E-state index in [-0.39, 0.29) is 29.8 Å². The Morgan fingerprint density at radius 2 is 1.62 bits per heavy atom. The first-order valence-electron chi connectivity index (χ1n) is 8.11. The summed E-state index contributed by atoms with van der Waals surface area (Å²) < 4.78 is 5.95. The van der Waals surface area contributed by atoms with Crippen LogP contribution in [-0.2, 0) is 4.43 Å². The highest BCUT2D eigenvalue weighted by atomic mass is 28.4. The molecule has 4 nitrogen and oxygen atoms in total. The largest absolute Gasteiger partial charge is 0.414 e. The second-order valence-electron chi connectivity index (χ2n) is 8.29. The minimum atomic E-state index is -1.65. The summed E-state index contributed by atoms with van der Waals surface area (Å²) in [7, 11) is -1.65. The van der Waals surface area contributed by atoms with Crippen molar-refractivity contribution in [2.24, 2.45) is 11.3 Å². The highest BCUT2D eigenvalue weighted by Gasteiger charge is 2.41. The van der Waals surface area contributed by atoms with Gasteiger partial charge in [0.05, 0.1) is 25.9 Å². The van der Waals surface area contributed by atoms with Crippen LogP contribution in [0, 0.1) is 11.3 Å². The fourth-order valence-electron chi connectivity index (χ4n) is 1.67. The van der Waals surface area contributed by atoms with Gasteiger partial charge in [-0.3, -0.25) is 0 Å². The first-order valence-corrected chi connectivity index (χ1v) is 11.0. The molecule has 0 heterocycles. The highest BCUT2D eigenvalue weighted by molar-refractivity contribution is 6.74. The van der Waals surface area contributed by atoms with Crippen LogP contribution in [0.1, 0.15) is 46.5 Å². The lowest BCUT2D eigenvalue weighted by atomic mass is 10.1. The molecule has 0 aliphatic heterocycles. The predicted molar refractivity (Wildman–Crippen MR) is 87.7 cm³/mol.